The number of imidazole rings is 1. The second-order valence-electron chi connectivity index (χ2n) is 6.31. The highest BCUT2D eigenvalue weighted by atomic mass is 15.3. The summed E-state index contributed by atoms with van der Waals surface area (Å²) < 4.78 is 3.88. The lowest BCUT2D eigenvalue weighted by Crippen LogP contribution is -2.05. The molecule has 0 atom stereocenters. The summed E-state index contributed by atoms with van der Waals surface area (Å²) in [5.41, 5.74) is 4.72. The number of nitrogens with one attached hydrogen (secondary N) is 1. The highest BCUT2D eigenvalue weighted by molar-refractivity contribution is 5.58. The number of para-hydroxylation sites is 1. The number of hydrogen-bond acceptors (Lipinski definition) is 5. The monoisotopic (exact) mass is 367 g/mol. The lowest BCUT2D eigenvalue weighted by atomic mass is 10.2. The lowest BCUT2D eigenvalue weighted by Gasteiger charge is -2.06. The Bertz CT molecular complexity index is 1220. The normalized spacial score (nSPS) is 11.0. The smallest absolute Gasteiger partial charge is 0.223 e. The first-order valence-electron chi connectivity index (χ1n) is 8.95. The zero-order valence-corrected chi connectivity index (χ0v) is 15.0. The van der Waals surface area contributed by atoms with E-state index in [9.17, 15) is 0 Å². The molecule has 136 valence electrons. The molecule has 0 fully saturated rings. The second kappa shape index (κ2) is 6.96. The Hall–Kier alpha value is -4.00. The molecule has 0 aliphatic heterocycles. The minimum atomic E-state index is 0.566. The van der Waals surface area contributed by atoms with E-state index in [0.717, 1.165) is 28.3 Å². The first-order chi connectivity index (χ1) is 13.9. The Morgan fingerprint density at radius 1 is 0.893 bits per heavy atom. The van der Waals surface area contributed by atoms with Crippen LogP contribution in [0.1, 0.15) is 5.69 Å². The van der Waals surface area contributed by atoms with E-state index in [1.807, 2.05) is 88.5 Å². The van der Waals surface area contributed by atoms with Gasteiger partial charge in [-0.15, -0.1) is 0 Å². The zero-order chi connectivity index (χ0) is 18.8. The summed E-state index contributed by atoms with van der Waals surface area (Å²) in [5.74, 6) is 0.566. The van der Waals surface area contributed by atoms with Crippen LogP contribution in [-0.2, 0) is 6.54 Å². The molecule has 0 unspecified atom stereocenters. The highest BCUT2D eigenvalue weighted by Gasteiger charge is 2.07. The summed E-state index contributed by atoms with van der Waals surface area (Å²) in [7, 11) is 0. The summed E-state index contributed by atoms with van der Waals surface area (Å²) in [6.45, 7) is 0.581. The molecule has 0 spiro atoms. The summed E-state index contributed by atoms with van der Waals surface area (Å²) in [4.78, 5) is 13.4. The number of nitrogens with zero attached hydrogens (tertiary/aromatic N) is 6. The first-order valence-corrected chi connectivity index (χ1v) is 8.95. The maximum Gasteiger partial charge on any atom is 0.223 e. The molecule has 7 nitrogen and oxygen atoms in total. The van der Waals surface area contributed by atoms with Crippen LogP contribution >= 0.6 is 0 Å². The summed E-state index contributed by atoms with van der Waals surface area (Å²) >= 11 is 0. The fourth-order valence-corrected chi connectivity index (χ4v) is 3.07. The summed E-state index contributed by atoms with van der Waals surface area (Å²) in [5, 5.41) is 7.72. The van der Waals surface area contributed by atoms with Crippen molar-refractivity contribution in [2.45, 2.75) is 6.54 Å². The third kappa shape index (κ3) is 3.09. The maximum absolute atomic E-state index is 4.62. The Morgan fingerprint density at radius 2 is 1.79 bits per heavy atom. The molecule has 0 aliphatic carbocycles. The van der Waals surface area contributed by atoms with Gasteiger partial charge in [0.05, 0.1) is 36.0 Å². The molecule has 0 amide bonds. The van der Waals surface area contributed by atoms with Gasteiger partial charge >= 0.3 is 0 Å². The molecular weight excluding hydrogens is 350 g/mol. The Morgan fingerprint density at radius 3 is 2.71 bits per heavy atom. The van der Waals surface area contributed by atoms with Crippen LogP contribution in [0.4, 0.5) is 5.95 Å². The van der Waals surface area contributed by atoms with E-state index in [1.165, 1.54) is 0 Å². The number of fused-ring (bicyclic) bond motifs is 1. The van der Waals surface area contributed by atoms with Crippen LogP contribution in [0.2, 0.25) is 0 Å². The Balaban J connectivity index is 1.36. The number of rotatable bonds is 5. The predicted molar refractivity (Wildman–Crippen MR) is 107 cm³/mol. The van der Waals surface area contributed by atoms with E-state index in [2.05, 4.69) is 25.4 Å². The van der Waals surface area contributed by atoms with Crippen LogP contribution < -0.4 is 5.32 Å². The molecule has 4 heterocycles. The van der Waals surface area contributed by atoms with Gasteiger partial charge in [0.2, 0.25) is 5.95 Å². The highest BCUT2D eigenvalue weighted by Crippen LogP contribution is 2.19. The van der Waals surface area contributed by atoms with Gasteiger partial charge in [0.25, 0.3) is 0 Å². The molecule has 0 saturated carbocycles. The van der Waals surface area contributed by atoms with Crippen LogP contribution in [0, 0.1) is 0 Å². The van der Waals surface area contributed by atoms with Gasteiger partial charge in [0, 0.05) is 24.2 Å². The fourth-order valence-electron chi connectivity index (χ4n) is 3.07. The van der Waals surface area contributed by atoms with Crippen molar-refractivity contribution in [2.75, 3.05) is 5.32 Å². The fraction of sp³-hybridized carbons (Fsp3) is 0.0476. The minimum absolute atomic E-state index is 0.566. The van der Waals surface area contributed by atoms with E-state index < -0.39 is 0 Å². The molecule has 7 heteroatoms. The van der Waals surface area contributed by atoms with E-state index in [0.29, 0.717) is 12.5 Å². The van der Waals surface area contributed by atoms with Gasteiger partial charge in [-0.05, 0) is 30.3 Å². The Kier molecular flexibility index (Phi) is 4.02. The lowest BCUT2D eigenvalue weighted by molar-refractivity contribution is 0.880. The van der Waals surface area contributed by atoms with Crippen molar-refractivity contribution in [2.24, 2.45) is 0 Å². The van der Waals surface area contributed by atoms with E-state index in [-0.39, 0.29) is 0 Å². The average molecular weight is 367 g/mol. The quantitative estimate of drug-likeness (QED) is 0.514. The largest absolute Gasteiger partial charge is 0.349 e. The molecule has 0 saturated heterocycles. The van der Waals surface area contributed by atoms with Crippen molar-refractivity contribution >= 4 is 11.6 Å². The minimum Gasteiger partial charge on any atom is -0.349 e. The van der Waals surface area contributed by atoms with E-state index in [4.69, 9.17) is 0 Å². The van der Waals surface area contributed by atoms with Gasteiger partial charge in [0.15, 0.2) is 0 Å². The second-order valence-corrected chi connectivity index (χ2v) is 6.31. The predicted octanol–water partition coefficient (Wildman–Crippen LogP) is 3.59. The molecule has 4 aromatic heterocycles. The molecule has 0 aliphatic rings. The van der Waals surface area contributed by atoms with Gasteiger partial charge < -0.3 is 9.72 Å². The van der Waals surface area contributed by atoms with Crippen molar-refractivity contribution in [3.05, 3.63) is 91.3 Å². The number of hydrogen-bond donors (Lipinski definition) is 1. The van der Waals surface area contributed by atoms with Gasteiger partial charge in [-0.2, -0.15) is 5.10 Å². The Labute approximate surface area is 161 Å². The van der Waals surface area contributed by atoms with Gasteiger partial charge in [-0.3, -0.25) is 0 Å². The third-order valence-corrected chi connectivity index (χ3v) is 4.48. The molecule has 1 aromatic carbocycles. The number of anilines is 1. The van der Waals surface area contributed by atoms with Crippen molar-refractivity contribution in [1.82, 2.24) is 29.1 Å². The molecule has 0 bridgehead atoms. The average Bonchev–Trinajstić information content (AvgIpc) is 3.41. The third-order valence-electron chi connectivity index (χ3n) is 4.48. The number of benzene rings is 1. The summed E-state index contributed by atoms with van der Waals surface area (Å²) in [6, 6.07) is 17.8. The molecule has 5 aromatic rings. The van der Waals surface area contributed by atoms with Gasteiger partial charge in [-0.25, -0.2) is 19.6 Å². The van der Waals surface area contributed by atoms with E-state index in [1.54, 1.807) is 6.20 Å². The van der Waals surface area contributed by atoms with Crippen molar-refractivity contribution < 1.29 is 0 Å². The zero-order valence-electron chi connectivity index (χ0n) is 15.0. The van der Waals surface area contributed by atoms with Gasteiger partial charge in [-0.1, -0.05) is 24.3 Å². The van der Waals surface area contributed by atoms with Crippen LogP contribution in [0.15, 0.2) is 85.6 Å². The first kappa shape index (κ1) is 16.2. The number of aromatic nitrogens is 6. The van der Waals surface area contributed by atoms with Crippen molar-refractivity contribution in [3.63, 3.8) is 0 Å². The molecular formula is C21H17N7. The number of pyridine rings is 1. The van der Waals surface area contributed by atoms with Crippen molar-refractivity contribution in [1.29, 1.82) is 0 Å². The molecule has 0 radical (unpaired) electrons. The van der Waals surface area contributed by atoms with Gasteiger partial charge in [0.1, 0.15) is 5.65 Å². The van der Waals surface area contributed by atoms with Crippen LogP contribution in [0.3, 0.4) is 0 Å². The topological polar surface area (TPSA) is 72.9 Å². The standard InChI is InChI=1S/C21H17N7/c1-2-6-17(7-3-1)28-15-16(12-25-28)19-9-10-22-21(26-19)24-14-18-13-23-20-8-4-5-11-27(18)20/h1-13,15H,14H2,(H,22,24,26). The SMILES string of the molecule is c1ccc(-n2cc(-c3ccnc(NCc4cnc5ccccn45)n3)cn2)cc1. The summed E-state index contributed by atoms with van der Waals surface area (Å²) in [6.07, 6.45) is 9.37. The molecule has 5 rings (SSSR count). The van der Waals surface area contributed by atoms with Crippen LogP contribution in [0.5, 0.6) is 0 Å². The van der Waals surface area contributed by atoms with Crippen LogP contribution in [-0.4, -0.2) is 29.1 Å². The van der Waals surface area contributed by atoms with Crippen LogP contribution in [0.25, 0.3) is 22.6 Å². The molecule has 1 N–H and O–H groups in total. The maximum atomic E-state index is 4.62. The molecule has 28 heavy (non-hydrogen) atoms. The van der Waals surface area contributed by atoms with E-state index >= 15 is 0 Å². The van der Waals surface area contributed by atoms with Crippen molar-refractivity contribution in [3.8, 4) is 16.9 Å².